The first kappa shape index (κ1) is 24.2. The van der Waals surface area contributed by atoms with Crippen molar-refractivity contribution in [3.63, 3.8) is 0 Å². The van der Waals surface area contributed by atoms with Crippen molar-refractivity contribution in [2.24, 2.45) is 5.11 Å². The monoisotopic (exact) mass is 481 g/mol. The van der Waals surface area contributed by atoms with Gasteiger partial charge in [0, 0.05) is 34.9 Å². The molecule has 2 aliphatic rings. The summed E-state index contributed by atoms with van der Waals surface area (Å²) in [5.74, 6) is -2.65. The van der Waals surface area contributed by atoms with Crippen molar-refractivity contribution in [2.45, 2.75) is 57.8 Å². The van der Waals surface area contributed by atoms with E-state index < -0.39 is 59.7 Å². The van der Waals surface area contributed by atoms with Crippen molar-refractivity contribution < 1.29 is 38.8 Å². The molecule has 1 saturated heterocycles. The lowest BCUT2D eigenvalue weighted by Gasteiger charge is -2.38. The molecular weight excluding hydrogens is 458 g/mol. The molecular formula is C24H23N3O8. The quantitative estimate of drug-likeness (QED) is 0.183. The standard InChI is InChI=1S/C24H23N3O8/c1-10(33-18-9-16(26-27-25)24(11(2)34-18)35-12(3)28)15-8-17(29)19-20(23(15)32)22(31)14-7-5-4-6-13(14)21(19)30/h4-8,10-11,16,18,24,29,32H,9H2,1-3H3/t10-,11-,16+,18-,24-/m0/s1. The van der Waals surface area contributed by atoms with E-state index in [1.54, 1.807) is 26.0 Å². The van der Waals surface area contributed by atoms with Gasteiger partial charge in [0.05, 0.1) is 29.4 Å². The van der Waals surface area contributed by atoms with Gasteiger partial charge < -0.3 is 24.4 Å². The zero-order valence-electron chi connectivity index (χ0n) is 19.2. The largest absolute Gasteiger partial charge is 0.507 e. The van der Waals surface area contributed by atoms with Crippen LogP contribution in [0, 0.1) is 0 Å². The first-order valence-corrected chi connectivity index (χ1v) is 10.9. The van der Waals surface area contributed by atoms with E-state index in [9.17, 15) is 24.6 Å². The van der Waals surface area contributed by atoms with Gasteiger partial charge in [-0.3, -0.25) is 14.4 Å². The minimum absolute atomic E-state index is 0.0547. The highest BCUT2D eigenvalue weighted by Gasteiger charge is 2.40. The van der Waals surface area contributed by atoms with Gasteiger partial charge in [0.2, 0.25) is 0 Å². The first-order valence-electron chi connectivity index (χ1n) is 10.9. The summed E-state index contributed by atoms with van der Waals surface area (Å²) in [6.07, 6.45) is -3.23. The van der Waals surface area contributed by atoms with Gasteiger partial charge in [0.1, 0.15) is 17.6 Å². The Kier molecular flexibility index (Phi) is 6.49. The molecule has 1 aliphatic heterocycles. The normalized spacial score (nSPS) is 24.1. The van der Waals surface area contributed by atoms with E-state index in [-0.39, 0.29) is 34.2 Å². The average Bonchev–Trinajstić information content (AvgIpc) is 2.81. The highest BCUT2D eigenvalue weighted by atomic mass is 16.7. The smallest absolute Gasteiger partial charge is 0.303 e. The van der Waals surface area contributed by atoms with Crippen molar-refractivity contribution in [3.05, 3.63) is 68.6 Å². The zero-order chi connectivity index (χ0) is 25.4. The summed E-state index contributed by atoms with van der Waals surface area (Å²) in [4.78, 5) is 40.2. The van der Waals surface area contributed by atoms with Gasteiger partial charge in [-0.1, -0.05) is 29.4 Å². The predicted molar refractivity (Wildman–Crippen MR) is 120 cm³/mol. The number of azide groups is 1. The molecule has 0 aromatic heterocycles. The van der Waals surface area contributed by atoms with E-state index in [1.165, 1.54) is 25.1 Å². The second-order valence-corrected chi connectivity index (χ2v) is 8.42. The van der Waals surface area contributed by atoms with Crippen molar-refractivity contribution in [2.75, 3.05) is 0 Å². The van der Waals surface area contributed by atoms with Crippen LogP contribution >= 0.6 is 0 Å². The minimum Gasteiger partial charge on any atom is -0.507 e. The zero-order valence-corrected chi connectivity index (χ0v) is 19.2. The Morgan fingerprint density at radius 2 is 1.83 bits per heavy atom. The van der Waals surface area contributed by atoms with Crippen LogP contribution < -0.4 is 0 Å². The van der Waals surface area contributed by atoms with Crippen molar-refractivity contribution in [1.82, 2.24) is 0 Å². The van der Waals surface area contributed by atoms with Gasteiger partial charge in [-0.25, -0.2) is 0 Å². The lowest BCUT2D eigenvalue weighted by Crippen LogP contribution is -2.49. The van der Waals surface area contributed by atoms with E-state index in [0.717, 1.165) is 0 Å². The molecule has 1 fully saturated rings. The van der Waals surface area contributed by atoms with E-state index >= 15 is 0 Å². The number of hydrogen-bond donors (Lipinski definition) is 2. The minimum atomic E-state index is -0.919. The van der Waals surface area contributed by atoms with Crippen LogP contribution in [0.4, 0.5) is 0 Å². The molecule has 5 atom stereocenters. The van der Waals surface area contributed by atoms with Gasteiger partial charge in [-0.05, 0) is 25.4 Å². The molecule has 2 N–H and O–H groups in total. The highest BCUT2D eigenvalue weighted by molar-refractivity contribution is 6.30. The number of fused-ring (bicyclic) bond motifs is 2. The predicted octanol–water partition coefficient (Wildman–Crippen LogP) is 3.70. The second kappa shape index (κ2) is 9.38. The fourth-order valence-corrected chi connectivity index (χ4v) is 4.54. The van der Waals surface area contributed by atoms with Crippen molar-refractivity contribution >= 4 is 17.5 Å². The summed E-state index contributed by atoms with van der Waals surface area (Å²) in [5, 5.41) is 25.3. The molecule has 4 rings (SSSR count). The Hall–Kier alpha value is -3.92. The van der Waals surface area contributed by atoms with Crippen LogP contribution in [0.1, 0.15) is 70.7 Å². The Morgan fingerprint density at radius 3 is 2.43 bits per heavy atom. The highest BCUT2D eigenvalue weighted by Crippen LogP contribution is 2.43. The van der Waals surface area contributed by atoms with Crippen LogP contribution in [-0.2, 0) is 19.0 Å². The molecule has 2 aromatic carbocycles. The molecule has 0 spiro atoms. The maximum Gasteiger partial charge on any atom is 0.303 e. The molecule has 35 heavy (non-hydrogen) atoms. The topological polar surface area (TPSA) is 168 Å². The number of ketones is 2. The molecule has 11 nitrogen and oxygen atoms in total. The molecule has 0 unspecified atom stereocenters. The third kappa shape index (κ3) is 4.32. The summed E-state index contributed by atoms with van der Waals surface area (Å²) < 4.78 is 16.9. The number of carbonyl (C=O) groups excluding carboxylic acids is 3. The van der Waals surface area contributed by atoms with E-state index in [0.29, 0.717) is 0 Å². The lowest BCUT2D eigenvalue weighted by molar-refractivity contribution is -0.243. The van der Waals surface area contributed by atoms with Gasteiger partial charge in [-0.15, -0.1) is 0 Å². The lowest BCUT2D eigenvalue weighted by atomic mass is 9.81. The van der Waals surface area contributed by atoms with Crippen LogP contribution in [-0.4, -0.2) is 52.3 Å². The van der Waals surface area contributed by atoms with Gasteiger partial charge >= 0.3 is 5.97 Å². The Bertz CT molecular complexity index is 1270. The van der Waals surface area contributed by atoms with Crippen molar-refractivity contribution in [1.29, 1.82) is 0 Å². The summed E-state index contributed by atoms with van der Waals surface area (Å²) in [6.45, 7) is 4.44. The fourth-order valence-electron chi connectivity index (χ4n) is 4.54. The second-order valence-electron chi connectivity index (χ2n) is 8.42. The molecule has 0 radical (unpaired) electrons. The van der Waals surface area contributed by atoms with Gasteiger partial charge in [0.25, 0.3) is 0 Å². The number of hydrogen-bond acceptors (Lipinski definition) is 9. The van der Waals surface area contributed by atoms with Crippen LogP contribution in [0.25, 0.3) is 10.4 Å². The number of rotatable bonds is 5. The third-order valence-electron chi connectivity index (χ3n) is 6.12. The molecule has 182 valence electrons. The number of phenolic OH excluding ortho intramolecular Hbond substituents is 2. The maximum atomic E-state index is 13.1. The fraction of sp³-hybridized carbons (Fsp3) is 0.375. The summed E-state index contributed by atoms with van der Waals surface area (Å²) >= 11 is 0. The van der Waals surface area contributed by atoms with E-state index in [4.69, 9.17) is 19.7 Å². The number of aromatic hydroxyl groups is 2. The third-order valence-corrected chi connectivity index (χ3v) is 6.12. The molecule has 0 amide bonds. The number of phenols is 2. The average molecular weight is 481 g/mol. The van der Waals surface area contributed by atoms with Crippen LogP contribution in [0.5, 0.6) is 11.5 Å². The molecule has 11 heteroatoms. The molecule has 2 aromatic rings. The number of nitrogens with zero attached hydrogens (tertiary/aromatic N) is 3. The molecule has 1 aliphatic carbocycles. The number of benzene rings is 2. The summed E-state index contributed by atoms with van der Waals surface area (Å²) in [7, 11) is 0. The summed E-state index contributed by atoms with van der Waals surface area (Å²) in [5.41, 5.74) is 8.70. The first-order chi connectivity index (χ1) is 16.6. The summed E-state index contributed by atoms with van der Waals surface area (Å²) in [6, 6.07) is 6.60. The SMILES string of the molecule is CC(=O)O[C@H]1[C@H](C)O[C@H](O[C@@H](C)c2cc(O)c3c(c2O)C(=O)c2ccccc2C3=O)C[C@H]1N=[N+]=[N-]. The van der Waals surface area contributed by atoms with Gasteiger partial charge in [0.15, 0.2) is 17.9 Å². The number of ether oxygens (including phenoxy) is 3. The van der Waals surface area contributed by atoms with E-state index in [2.05, 4.69) is 10.0 Å². The van der Waals surface area contributed by atoms with Crippen LogP contribution in [0.3, 0.4) is 0 Å². The van der Waals surface area contributed by atoms with E-state index in [1.807, 2.05) is 0 Å². The number of esters is 1. The maximum absolute atomic E-state index is 13.1. The van der Waals surface area contributed by atoms with Crippen molar-refractivity contribution in [3.8, 4) is 11.5 Å². The Balaban J connectivity index is 1.63. The Morgan fingerprint density at radius 1 is 1.20 bits per heavy atom. The van der Waals surface area contributed by atoms with Gasteiger partial charge in [-0.2, -0.15) is 0 Å². The van der Waals surface area contributed by atoms with Crippen LogP contribution in [0.2, 0.25) is 0 Å². The van der Waals surface area contributed by atoms with Crippen LogP contribution in [0.15, 0.2) is 35.4 Å². The number of carbonyl (C=O) groups is 3. The molecule has 0 bridgehead atoms. The molecule has 1 heterocycles. The molecule has 0 saturated carbocycles. The Labute approximate surface area is 199 Å².